The lowest BCUT2D eigenvalue weighted by atomic mass is 9.92. The van der Waals surface area contributed by atoms with Gasteiger partial charge in [0.05, 0.1) is 23.2 Å². The molecule has 0 radical (unpaired) electrons. The van der Waals surface area contributed by atoms with Gasteiger partial charge in [0.25, 0.3) is 5.91 Å². The van der Waals surface area contributed by atoms with Gasteiger partial charge >= 0.3 is 0 Å². The number of rotatable bonds is 2. The van der Waals surface area contributed by atoms with Crippen molar-refractivity contribution in [3.05, 3.63) is 36.2 Å². The van der Waals surface area contributed by atoms with Crippen LogP contribution in [0.3, 0.4) is 0 Å². The van der Waals surface area contributed by atoms with Gasteiger partial charge in [-0.05, 0) is 31.0 Å². The van der Waals surface area contributed by atoms with E-state index in [1.165, 1.54) is 0 Å². The smallest absolute Gasteiger partial charge is 0.251 e. The van der Waals surface area contributed by atoms with E-state index in [0.29, 0.717) is 11.1 Å². The lowest BCUT2D eigenvalue weighted by Gasteiger charge is -2.28. The van der Waals surface area contributed by atoms with Gasteiger partial charge in [-0.25, -0.2) is 0 Å². The highest BCUT2D eigenvalue weighted by Gasteiger charge is 2.24. The highest BCUT2D eigenvalue weighted by atomic mass is 16.3. The zero-order chi connectivity index (χ0) is 13.9. The predicted octanol–water partition coefficient (Wildman–Crippen LogP) is 1.66. The van der Waals surface area contributed by atoms with Crippen molar-refractivity contribution in [3.8, 4) is 0 Å². The van der Waals surface area contributed by atoms with E-state index in [0.717, 1.165) is 31.2 Å². The summed E-state index contributed by atoms with van der Waals surface area (Å²) >= 11 is 0. The maximum atomic E-state index is 12.2. The van der Waals surface area contributed by atoms with E-state index in [1.54, 1.807) is 30.6 Å². The zero-order valence-electron chi connectivity index (χ0n) is 11.1. The second-order valence-corrected chi connectivity index (χ2v) is 5.19. The number of carbonyl (C=O) groups is 1. The average Bonchev–Trinajstić information content (AvgIpc) is 2.49. The first-order valence-corrected chi connectivity index (χ1v) is 6.94. The maximum absolute atomic E-state index is 12.2. The fourth-order valence-electron chi connectivity index (χ4n) is 2.64. The van der Waals surface area contributed by atoms with Crippen LogP contribution in [0.1, 0.15) is 36.0 Å². The van der Waals surface area contributed by atoms with Gasteiger partial charge in [-0.2, -0.15) is 0 Å². The molecule has 1 amide bonds. The number of hydrogen-bond donors (Lipinski definition) is 2. The van der Waals surface area contributed by atoms with Crippen molar-refractivity contribution in [1.29, 1.82) is 0 Å². The highest BCUT2D eigenvalue weighted by Crippen LogP contribution is 2.19. The van der Waals surface area contributed by atoms with Crippen LogP contribution in [0.4, 0.5) is 0 Å². The van der Waals surface area contributed by atoms with Crippen molar-refractivity contribution < 1.29 is 9.90 Å². The third kappa shape index (κ3) is 2.63. The molecule has 3 rings (SSSR count). The summed E-state index contributed by atoms with van der Waals surface area (Å²) in [5.74, 6) is -0.163. The molecular weight excluding hydrogens is 254 g/mol. The van der Waals surface area contributed by atoms with Gasteiger partial charge in [-0.15, -0.1) is 0 Å². The molecule has 5 heteroatoms. The van der Waals surface area contributed by atoms with Crippen LogP contribution in [0, 0.1) is 0 Å². The molecule has 2 unspecified atom stereocenters. The van der Waals surface area contributed by atoms with Crippen LogP contribution in [0.15, 0.2) is 30.6 Å². The number of aliphatic hydroxyl groups is 1. The third-order valence-corrected chi connectivity index (χ3v) is 3.78. The van der Waals surface area contributed by atoms with E-state index in [4.69, 9.17) is 0 Å². The molecule has 2 atom stereocenters. The summed E-state index contributed by atoms with van der Waals surface area (Å²) < 4.78 is 0. The minimum absolute atomic E-state index is 0.145. The summed E-state index contributed by atoms with van der Waals surface area (Å²) in [6.45, 7) is 0. The van der Waals surface area contributed by atoms with Crippen LogP contribution in [-0.4, -0.2) is 33.1 Å². The Morgan fingerprint density at radius 1 is 1.15 bits per heavy atom. The van der Waals surface area contributed by atoms with Crippen LogP contribution in [-0.2, 0) is 0 Å². The molecule has 0 spiro atoms. The maximum Gasteiger partial charge on any atom is 0.251 e. The van der Waals surface area contributed by atoms with E-state index in [1.807, 2.05) is 0 Å². The van der Waals surface area contributed by atoms with Crippen LogP contribution in [0.5, 0.6) is 0 Å². The number of aromatic nitrogens is 2. The van der Waals surface area contributed by atoms with Gasteiger partial charge in [-0.1, -0.05) is 12.8 Å². The Kier molecular flexibility index (Phi) is 3.60. The predicted molar refractivity (Wildman–Crippen MR) is 75.3 cm³/mol. The molecule has 1 fully saturated rings. The first-order valence-electron chi connectivity index (χ1n) is 6.94. The molecule has 1 aliphatic rings. The molecule has 0 bridgehead atoms. The van der Waals surface area contributed by atoms with Crippen molar-refractivity contribution >= 4 is 16.9 Å². The van der Waals surface area contributed by atoms with E-state index in [-0.39, 0.29) is 11.9 Å². The fourth-order valence-corrected chi connectivity index (χ4v) is 2.64. The number of fused-ring (bicyclic) bond motifs is 1. The Labute approximate surface area is 117 Å². The Morgan fingerprint density at radius 3 is 2.70 bits per heavy atom. The number of hydrogen-bond acceptors (Lipinski definition) is 4. The molecule has 5 nitrogen and oxygen atoms in total. The average molecular weight is 271 g/mol. The SMILES string of the molecule is O=C(NC1CCCCC1O)c1ccc2nccnc2c1. The van der Waals surface area contributed by atoms with E-state index < -0.39 is 6.10 Å². The van der Waals surface area contributed by atoms with E-state index in [9.17, 15) is 9.90 Å². The summed E-state index contributed by atoms with van der Waals surface area (Å²) in [6.07, 6.45) is 6.46. The minimum Gasteiger partial charge on any atom is -0.391 e. The monoisotopic (exact) mass is 271 g/mol. The van der Waals surface area contributed by atoms with Crippen LogP contribution >= 0.6 is 0 Å². The minimum atomic E-state index is -0.437. The van der Waals surface area contributed by atoms with Crippen molar-refractivity contribution in [2.24, 2.45) is 0 Å². The molecule has 104 valence electrons. The molecule has 1 aromatic carbocycles. The molecule has 0 aliphatic heterocycles. The molecule has 20 heavy (non-hydrogen) atoms. The fraction of sp³-hybridized carbons (Fsp3) is 0.400. The summed E-state index contributed by atoms with van der Waals surface area (Å²) in [5.41, 5.74) is 2.02. The lowest BCUT2D eigenvalue weighted by molar-refractivity contribution is 0.0717. The normalized spacial score (nSPS) is 22.6. The number of nitrogens with zero attached hydrogens (tertiary/aromatic N) is 2. The molecule has 1 saturated carbocycles. The van der Waals surface area contributed by atoms with Crippen LogP contribution in [0.25, 0.3) is 11.0 Å². The topological polar surface area (TPSA) is 75.1 Å². The molecule has 1 aromatic heterocycles. The Morgan fingerprint density at radius 2 is 1.90 bits per heavy atom. The highest BCUT2D eigenvalue weighted by molar-refractivity contribution is 5.97. The zero-order valence-corrected chi connectivity index (χ0v) is 11.1. The van der Waals surface area contributed by atoms with Crippen LogP contribution in [0.2, 0.25) is 0 Å². The second kappa shape index (κ2) is 5.54. The quantitative estimate of drug-likeness (QED) is 0.871. The van der Waals surface area contributed by atoms with Crippen molar-refractivity contribution in [2.45, 2.75) is 37.8 Å². The second-order valence-electron chi connectivity index (χ2n) is 5.19. The van der Waals surface area contributed by atoms with Crippen molar-refractivity contribution in [1.82, 2.24) is 15.3 Å². The van der Waals surface area contributed by atoms with Crippen molar-refractivity contribution in [3.63, 3.8) is 0 Å². The van der Waals surface area contributed by atoms with E-state index in [2.05, 4.69) is 15.3 Å². The van der Waals surface area contributed by atoms with E-state index >= 15 is 0 Å². The van der Waals surface area contributed by atoms with Gasteiger partial charge in [0, 0.05) is 18.0 Å². The van der Waals surface area contributed by atoms with Gasteiger partial charge in [0.15, 0.2) is 0 Å². The number of carbonyl (C=O) groups excluding carboxylic acids is 1. The van der Waals surface area contributed by atoms with Gasteiger partial charge in [-0.3, -0.25) is 14.8 Å². The van der Waals surface area contributed by atoms with Gasteiger partial charge in [0.1, 0.15) is 0 Å². The van der Waals surface area contributed by atoms with Gasteiger partial charge in [0.2, 0.25) is 0 Å². The summed E-state index contributed by atoms with van der Waals surface area (Å²) in [4.78, 5) is 20.6. The Balaban J connectivity index is 1.78. The number of amides is 1. The van der Waals surface area contributed by atoms with Crippen molar-refractivity contribution in [2.75, 3.05) is 0 Å². The molecular formula is C15H17N3O2. The molecule has 2 aromatic rings. The first-order chi connectivity index (χ1) is 9.74. The summed E-state index contributed by atoms with van der Waals surface area (Å²) in [6, 6.07) is 5.11. The molecule has 0 saturated heterocycles. The molecule has 1 heterocycles. The standard InChI is InChI=1S/C15H17N3O2/c19-14-4-2-1-3-12(14)18-15(20)10-5-6-11-13(9-10)17-8-7-16-11/h5-9,12,14,19H,1-4H2,(H,18,20). The molecule has 2 N–H and O–H groups in total. The summed E-state index contributed by atoms with van der Waals surface area (Å²) in [7, 11) is 0. The first kappa shape index (κ1) is 13.0. The third-order valence-electron chi connectivity index (χ3n) is 3.78. The molecule has 1 aliphatic carbocycles. The number of nitrogens with one attached hydrogen (secondary N) is 1. The van der Waals surface area contributed by atoms with Crippen LogP contribution < -0.4 is 5.32 Å². The largest absolute Gasteiger partial charge is 0.391 e. The Bertz CT molecular complexity index is 629. The number of aliphatic hydroxyl groups excluding tert-OH is 1. The number of benzene rings is 1. The lowest BCUT2D eigenvalue weighted by Crippen LogP contribution is -2.45. The summed E-state index contributed by atoms with van der Waals surface area (Å²) in [5, 5.41) is 12.8. The van der Waals surface area contributed by atoms with Gasteiger partial charge < -0.3 is 10.4 Å². The Hall–Kier alpha value is -2.01.